The average Bonchev–Trinajstić information content (AvgIpc) is 2.66. The summed E-state index contributed by atoms with van der Waals surface area (Å²) in [4.78, 5) is 0. The highest BCUT2D eigenvalue weighted by atomic mass is 35.5. The van der Waals surface area contributed by atoms with Gasteiger partial charge in [-0.3, -0.25) is 0 Å². The lowest BCUT2D eigenvalue weighted by molar-refractivity contribution is 0.740. The topological polar surface area (TPSA) is 26.0 Å². The summed E-state index contributed by atoms with van der Waals surface area (Å²) in [7, 11) is 0. The minimum absolute atomic E-state index is 0.401. The highest BCUT2D eigenvalue weighted by Crippen LogP contribution is 2.49. The minimum atomic E-state index is 0.401. The Kier molecular flexibility index (Phi) is 2.89. The molecule has 0 radical (unpaired) electrons. The Labute approximate surface area is 113 Å². The second kappa shape index (κ2) is 4.42. The van der Waals surface area contributed by atoms with Crippen molar-refractivity contribution >= 4 is 11.6 Å². The number of rotatable bonds is 2. The van der Waals surface area contributed by atoms with E-state index in [2.05, 4.69) is 31.2 Å². The molecule has 1 aliphatic carbocycles. The van der Waals surface area contributed by atoms with Crippen LogP contribution in [0.1, 0.15) is 29.0 Å². The molecular formula is C16H16ClN. The lowest BCUT2D eigenvalue weighted by Gasteiger charge is -2.12. The second-order valence-corrected chi connectivity index (χ2v) is 5.33. The summed E-state index contributed by atoms with van der Waals surface area (Å²) >= 11 is 6.37. The minimum Gasteiger partial charge on any atom is -0.330 e. The molecule has 0 amide bonds. The van der Waals surface area contributed by atoms with Gasteiger partial charge >= 0.3 is 0 Å². The van der Waals surface area contributed by atoms with Crippen molar-refractivity contribution in [2.24, 2.45) is 5.73 Å². The molecule has 0 spiro atoms. The van der Waals surface area contributed by atoms with Gasteiger partial charge in [0, 0.05) is 16.5 Å². The van der Waals surface area contributed by atoms with Crippen molar-refractivity contribution in [3.63, 3.8) is 0 Å². The van der Waals surface area contributed by atoms with Gasteiger partial charge in [0.25, 0.3) is 0 Å². The van der Waals surface area contributed by atoms with Crippen molar-refractivity contribution in [3.05, 3.63) is 58.1 Å². The molecule has 0 saturated carbocycles. The smallest absolute Gasteiger partial charge is 0.0487 e. The van der Waals surface area contributed by atoms with E-state index in [0.29, 0.717) is 12.5 Å². The Balaban J connectivity index is 2.27. The number of aryl methyl sites for hydroxylation is 1. The molecule has 0 saturated heterocycles. The Morgan fingerprint density at radius 2 is 2.00 bits per heavy atom. The third kappa shape index (κ3) is 1.66. The van der Waals surface area contributed by atoms with E-state index < -0.39 is 0 Å². The molecule has 0 aliphatic heterocycles. The van der Waals surface area contributed by atoms with Gasteiger partial charge in [-0.2, -0.15) is 0 Å². The highest BCUT2D eigenvalue weighted by Gasteiger charge is 2.29. The fraction of sp³-hybridized carbons (Fsp3) is 0.250. The molecule has 0 fully saturated rings. The zero-order chi connectivity index (χ0) is 12.7. The van der Waals surface area contributed by atoms with Gasteiger partial charge in [0.15, 0.2) is 0 Å². The Morgan fingerprint density at radius 3 is 2.78 bits per heavy atom. The zero-order valence-electron chi connectivity index (χ0n) is 10.4. The van der Waals surface area contributed by atoms with Crippen LogP contribution in [0, 0.1) is 6.92 Å². The van der Waals surface area contributed by atoms with Gasteiger partial charge in [-0.05, 0) is 42.6 Å². The normalized spacial score (nSPS) is 16.5. The monoisotopic (exact) mass is 257 g/mol. The molecule has 3 rings (SSSR count). The third-order valence-corrected chi connectivity index (χ3v) is 4.04. The Hall–Kier alpha value is -1.31. The molecule has 92 valence electrons. The van der Waals surface area contributed by atoms with Crippen LogP contribution >= 0.6 is 11.6 Å². The van der Waals surface area contributed by atoms with Crippen LogP contribution in [0.5, 0.6) is 0 Å². The average molecular weight is 258 g/mol. The van der Waals surface area contributed by atoms with E-state index in [9.17, 15) is 0 Å². The molecular weight excluding hydrogens is 242 g/mol. The highest BCUT2D eigenvalue weighted by molar-refractivity contribution is 6.33. The summed E-state index contributed by atoms with van der Waals surface area (Å²) in [5.41, 5.74) is 12.2. The van der Waals surface area contributed by atoms with Crippen LogP contribution in [-0.2, 0) is 0 Å². The van der Waals surface area contributed by atoms with Crippen molar-refractivity contribution < 1.29 is 0 Å². The van der Waals surface area contributed by atoms with Gasteiger partial charge in [-0.15, -0.1) is 0 Å². The Morgan fingerprint density at radius 1 is 1.17 bits per heavy atom. The molecule has 1 atom stereocenters. The van der Waals surface area contributed by atoms with Gasteiger partial charge < -0.3 is 5.73 Å². The SMILES string of the molecule is Cc1ccc2c(c1)C(CCN)c1cccc(Cl)c1-2. The summed E-state index contributed by atoms with van der Waals surface area (Å²) in [6.45, 7) is 2.83. The van der Waals surface area contributed by atoms with Crippen LogP contribution < -0.4 is 5.73 Å². The predicted molar refractivity (Wildman–Crippen MR) is 77.1 cm³/mol. The maximum absolute atomic E-state index is 6.37. The van der Waals surface area contributed by atoms with Crippen molar-refractivity contribution in [1.29, 1.82) is 0 Å². The second-order valence-electron chi connectivity index (χ2n) is 4.92. The first-order chi connectivity index (χ1) is 8.72. The zero-order valence-corrected chi connectivity index (χ0v) is 11.2. The van der Waals surface area contributed by atoms with E-state index in [-0.39, 0.29) is 0 Å². The molecule has 1 unspecified atom stereocenters. The number of fused-ring (bicyclic) bond motifs is 3. The number of nitrogens with two attached hydrogens (primary N) is 1. The van der Waals surface area contributed by atoms with Crippen LogP contribution in [0.25, 0.3) is 11.1 Å². The van der Waals surface area contributed by atoms with E-state index >= 15 is 0 Å². The fourth-order valence-electron chi connectivity index (χ4n) is 2.96. The van der Waals surface area contributed by atoms with E-state index in [1.807, 2.05) is 12.1 Å². The molecule has 18 heavy (non-hydrogen) atoms. The molecule has 2 aromatic carbocycles. The van der Waals surface area contributed by atoms with Crippen LogP contribution in [-0.4, -0.2) is 6.54 Å². The molecule has 0 heterocycles. The molecule has 2 aromatic rings. The first-order valence-electron chi connectivity index (χ1n) is 6.31. The number of halogens is 1. The van der Waals surface area contributed by atoms with Crippen molar-refractivity contribution in [3.8, 4) is 11.1 Å². The lowest BCUT2D eigenvalue weighted by Crippen LogP contribution is -2.06. The molecule has 1 aliphatic rings. The van der Waals surface area contributed by atoms with Crippen molar-refractivity contribution in [1.82, 2.24) is 0 Å². The number of hydrogen-bond acceptors (Lipinski definition) is 1. The first-order valence-corrected chi connectivity index (χ1v) is 6.69. The number of benzene rings is 2. The maximum atomic E-state index is 6.37. The largest absolute Gasteiger partial charge is 0.330 e. The van der Waals surface area contributed by atoms with E-state index in [4.69, 9.17) is 17.3 Å². The third-order valence-electron chi connectivity index (χ3n) is 3.73. The molecule has 0 aromatic heterocycles. The van der Waals surface area contributed by atoms with E-state index in [0.717, 1.165) is 11.4 Å². The van der Waals surface area contributed by atoms with Gasteiger partial charge in [0.05, 0.1) is 0 Å². The summed E-state index contributed by atoms with van der Waals surface area (Å²) in [6.07, 6.45) is 0.976. The standard InChI is InChI=1S/C16H16ClN/c1-10-5-6-13-14(9-10)11(7-8-18)12-3-2-4-15(17)16(12)13/h2-6,9,11H,7-8,18H2,1H3. The van der Waals surface area contributed by atoms with Gasteiger partial charge in [0.1, 0.15) is 0 Å². The van der Waals surface area contributed by atoms with E-state index in [1.54, 1.807) is 0 Å². The van der Waals surface area contributed by atoms with Crippen LogP contribution in [0.4, 0.5) is 0 Å². The summed E-state index contributed by atoms with van der Waals surface area (Å²) < 4.78 is 0. The maximum Gasteiger partial charge on any atom is 0.0487 e. The quantitative estimate of drug-likeness (QED) is 0.861. The van der Waals surface area contributed by atoms with Gasteiger partial charge in [0.2, 0.25) is 0 Å². The van der Waals surface area contributed by atoms with Gasteiger partial charge in [-0.25, -0.2) is 0 Å². The Bertz CT molecular complexity index is 604. The van der Waals surface area contributed by atoms with Crippen LogP contribution in [0.3, 0.4) is 0 Å². The van der Waals surface area contributed by atoms with Crippen molar-refractivity contribution in [2.75, 3.05) is 6.54 Å². The predicted octanol–water partition coefficient (Wildman–Crippen LogP) is 4.11. The van der Waals surface area contributed by atoms with E-state index in [1.165, 1.54) is 27.8 Å². The number of hydrogen-bond donors (Lipinski definition) is 1. The summed E-state index contributed by atoms with van der Waals surface area (Å²) in [5.74, 6) is 0.401. The first kappa shape index (κ1) is 11.8. The molecule has 1 nitrogen and oxygen atoms in total. The van der Waals surface area contributed by atoms with Crippen LogP contribution in [0.2, 0.25) is 5.02 Å². The van der Waals surface area contributed by atoms with Crippen LogP contribution in [0.15, 0.2) is 36.4 Å². The van der Waals surface area contributed by atoms with Gasteiger partial charge in [-0.1, -0.05) is 47.5 Å². The summed E-state index contributed by atoms with van der Waals surface area (Å²) in [5, 5.41) is 0.845. The molecule has 2 heteroatoms. The fourth-order valence-corrected chi connectivity index (χ4v) is 3.24. The lowest BCUT2D eigenvalue weighted by atomic mass is 9.93. The molecule has 0 bridgehead atoms. The summed E-state index contributed by atoms with van der Waals surface area (Å²) in [6, 6.07) is 12.8. The molecule has 2 N–H and O–H groups in total. The van der Waals surface area contributed by atoms with Crippen molar-refractivity contribution in [2.45, 2.75) is 19.3 Å².